The number of benzene rings is 3. The number of piperidine rings is 1. The Labute approximate surface area is 270 Å². The summed E-state index contributed by atoms with van der Waals surface area (Å²) in [6, 6.07) is 21.8. The van der Waals surface area contributed by atoms with E-state index in [4.69, 9.17) is 9.47 Å². The molecule has 2 atom stereocenters. The molecule has 3 aromatic carbocycles. The molecule has 0 aliphatic carbocycles. The first-order valence-electron chi connectivity index (χ1n) is 15.3. The van der Waals surface area contributed by atoms with Gasteiger partial charge >= 0.3 is 11.9 Å². The number of nitrogens with one attached hydrogen (secondary N) is 2. The number of ether oxygens (including phenoxy) is 2. The first-order chi connectivity index (χ1) is 21.4. The fraction of sp³-hybridized carbons (Fsp3) is 0.417. The molecule has 1 heterocycles. The van der Waals surface area contributed by atoms with Crippen LogP contribution in [0.15, 0.2) is 72.8 Å². The van der Waals surface area contributed by atoms with Gasteiger partial charge in [0.15, 0.2) is 6.10 Å². The second-order valence-corrected chi connectivity index (χ2v) is 13.4. The van der Waals surface area contributed by atoms with Crippen LogP contribution < -0.4 is 10.6 Å². The molecule has 1 saturated heterocycles. The maximum Gasteiger partial charge on any atom is 0.340 e. The van der Waals surface area contributed by atoms with Crippen molar-refractivity contribution in [2.24, 2.45) is 0 Å². The lowest BCUT2D eigenvalue weighted by Gasteiger charge is -2.41. The first kappa shape index (κ1) is 34.2. The summed E-state index contributed by atoms with van der Waals surface area (Å²) < 4.78 is 12.8. The van der Waals surface area contributed by atoms with Crippen LogP contribution in [-0.4, -0.2) is 59.7 Å². The summed E-state index contributed by atoms with van der Waals surface area (Å²) in [5, 5.41) is 15.9. The molecule has 1 aliphatic rings. The minimum Gasteiger partial charge on any atom is -0.480 e. The van der Waals surface area contributed by atoms with Crippen LogP contribution in [-0.2, 0) is 24.7 Å². The van der Waals surface area contributed by atoms with Gasteiger partial charge in [-0.2, -0.15) is 11.8 Å². The summed E-state index contributed by atoms with van der Waals surface area (Å²) in [6.07, 6.45) is 2.42. The third-order valence-corrected chi connectivity index (χ3v) is 8.56. The average Bonchev–Trinajstić information content (AvgIpc) is 3.01. The Morgan fingerprint density at radius 1 is 0.978 bits per heavy atom. The number of aliphatic carboxylic acids is 1. The molecule has 1 unspecified atom stereocenters. The molecule has 3 N–H and O–H groups in total. The molecule has 1 amide bonds. The standard InChI is InChI=1S/C36H44N2O6S/c1-24-11-9-10-14-27(24)29-23-25(15-16-28(29)32(39)38-30(33(40)41)17-22-45-5)31(34(42)44-35(2,3)4)43-36(18-20-37-21-19-36)26-12-7-6-8-13-26/h6-16,23,30-31,37H,17-22H2,1-5H3,(H,38,39)(H,40,41)/t30-,31?/m0/s1. The van der Waals surface area contributed by atoms with Gasteiger partial charge in [-0.25, -0.2) is 9.59 Å². The molecule has 240 valence electrons. The summed E-state index contributed by atoms with van der Waals surface area (Å²) in [5.74, 6) is -1.51. The van der Waals surface area contributed by atoms with E-state index in [1.165, 1.54) is 11.8 Å². The normalized spacial score (nSPS) is 15.9. The van der Waals surface area contributed by atoms with Gasteiger partial charge in [0.05, 0.1) is 5.60 Å². The number of rotatable bonds is 12. The summed E-state index contributed by atoms with van der Waals surface area (Å²) >= 11 is 1.52. The molecule has 3 aromatic rings. The lowest BCUT2D eigenvalue weighted by atomic mass is 9.84. The van der Waals surface area contributed by atoms with Gasteiger partial charge in [0.1, 0.15) is 11.6 Å². The van der Waals surface area contributed by atoms with Crippen molar-refractivity contribution in [2.75, 3.05) is 25.1 Å². The summed E-state index contributed by atoms with van der Waals surface area (Å²) in [6.45, 7) is 8.86. The Morgan fingerprint density at radius 3 is 2.27 bits per heavy atom. The van der Waals surface area contributed by atoms with E-state index in [1.54, 1.807) is 12.1 Å². The number of carboxylic acids is 1. The molecule has 0 bridgehead atoms. The number of hydrogen-bond acceptors (Lipinski definition) is 7. The maximum absolute atomic E-state index is 14.0. The molecule has 0 saturated carbocycles. The van der Waals surface area contributed by atoms with Gasteiger partial charge in [-0.05, 0) is 112 Å². The fourth-order valence-corrected chi connectivity index (χ4v) is 6.10. The molecule has 0 aromatic heterocycles. The van der Waals surface area contributed by atoms with E-state index < -0.39 is 41.2 Å². The van der Waals surface area contributed by atoms with Crippen LogP contribution in [0.5, 0.6) is 0 Å². The van der Waals surface area contributed by atoms with E-state index in [2.05, 4.69) is 10.6 Å². The van der Waals surface area contributed by atoms with Crippen LogP contribution in [0.1, 0.15) is 73.2 Å². The molecule has 9 heteroatoms. The Kier molecular flexibility index (Phi) is 11.5. The highest BCUT2D eigenvalue weighted by atomic mass is 32.2. The zero-order valence-corrected chi connectivity index (χ0v) is 27.5. The number of carboxylic acid groups (broad SMARTS) is 1. The lowest BCUT2D eigenvalue weighted by molar-refractivity contribution is -0.187. The third kappa shape index (κ3) is 8.75. The highest BCUT2D eigenvalue weighted by molar-refractivity contribution is 7.98. The van der Waals surface area contributed by atoms with Gasteiger partial charge in [0.25, 0.3) is 5.91 Å². The van der Waals surface area contributed by atoms with Crippen molar-refractivity contribution in [2.45, 2.75) is 70.3 Å². The average molecular weight is 633 g/mol. The molecule has 0 radical (unpaired) electrons. The van der Waals surface area contributed by atoms with Crippen molar-refractivity contribution in [3.8, 4) is 11.1 Å². The number of esters is 1. The SMILES string of the molecule is CSCC[C@H](NC(=O)c1ccc(C(OC2(c3ccccc3)CCNCC2)C(=O)OC(C)(C)C)cc1-c1ccccc1C)C(=O)O. The first-order valence-corrected chi connectivity index (χ1v) is 16.7. The van der Waals surface area contributed by atoms with Gasteiger partial charge in [-0.1, -0.05) is 60.7 Å². The molecule has 1 fully saturated rings. The number of carbonyl (C=O) groups excluding carboxylic acids is 2. The van der Waals surface area contributed by atoms with Crippen molar-refractivity contribution in [3.63, 3.8) is 0 Å². The van der Waals surface area contributed by atoms with E-state index >= 15 is 0 Å². The van der Waals surface area contributed by atoms with Crippen LogP contribution in [0.25, 0.3) is 11.1 Å². The predicted molar refractivity (Wildman–Crippen MR) is 178 cm³/mol. The van der Waals surface area contributed by atoms with Gasteiger partial charge in [0.2, 0.25) is 0 Å². The lowest BCUT2D eigenvalue weighted by Crippen LogP contribution is -2.44. The smallest absolute Gasteiger partial charge is 0.340 e. The summed E-state index contributed by atoms with van der Waals surface area (Å²) in [5.41, 5.74) is 2.65. The Hall–Kier alpha value is -3.66. The van der Waals surface area contributed by atoms with Crippen LogP contribution >= 0.6 is 11.8 Å². The highest BCUT2D eigenvalue weighted by Gasteiger charge is 2.41. The minimum absolute atomic E-state index is 0.297. The highest BCUT2D eigenvalue weighted by Crippen LogP contribution is 2.41. The summed E-state index contributed by atoms with van der Waals surface area (Å²) in [7, 11) is 0. The zero-order chi connectivity index (χ0) is 32.6. The van der Waals surface area contributed by atoms with Crippen LogP contribution in [0.3, 0.4) is 0 Å². The van der Waals surface area contributed by atoms with Crippen LogP contribution in [0.2, 0.25) is 0 Å². The van der Waals surface area contributed by atoms with E-state index in [1.807, 2.05) is 94.6 Å². The monoisotopic (exact) mass is 632 g/mol. The maximum atomic E-state index is 14.0. The summed E-state index contributed by atoms with van der Waals surface area (Å²) in [4.78, 5) is 39.6. The second kappa shape index (κ2) is 15.1. The van der Waals surface area contributed by atoms with Gasteiger partial charge < -0.3 is 25.2 Å². The quantitative estimate of drug-likeness (QED) is 0.200. The van der Waals surface area contributed by atoms with Crippen molar-refractivity contribution in [3.05, 3.63) is 95.1 Å². The topological polar surface area (TPSA) is 114 Å². The molecule has 45 heavy (non-hydrogen) atoms. The third-order valence-electron chi connectivity index (χ3n) is 7.92. The van der Waals surface area contributed by atoms with Crippen molar-refractivity contribution in [1.82, 2.24) is 10.6 Å². The van der Waals surface area contributed by atoms with E-state index in [9.17, 15) is 19.5 Å². The zero-order valence-electron chi connectivity index (χ0n) is 26.7. The van der Waals surface area contributed by atoms with Crippen molar-refractivity contribution >= 4 is 29.6 Å². The Bertz CT molecular complexity index is 1480. The molecule has 8 nitrogen and oxygen atoms in total. The van der Waals surface area contributed by atoms with Gasteiger partial charge in [0, 0.05) is 5.56 Å². The van der Waals surface area contributed by atoms with Crippen LogP contribution in [0, 0.1) is 6.92 Å². The molecule has 0 spiro atoms. The van der Waals surface area contributed by atoms with E-state index in [-0.39, 0.29) is 0 Å². The van der Waals surface area contributed by atoms with Crippen molar-refractivity contribution in [1.29, 1.82) is 0 Å². The van der Waals surface area contributed by atoms with Gasteiger partial charge in [-0.15, -0.1) is 0 Å². The number of aryl methyl sites for hydroxylation is 1. The Balaban J connectivity index is 1.83. The van der Waals surface area contributed by atoms with Crippen molar-refractivity contribution < 1.29 is 29.0 Å². The predicted octanol–water partition coefficient (Wildman–Crippen LogP) is 6.28. The largest absolute Gasteiger partial charge is 0.480 e. The molecular weight excluding hydrogens is 588 g/mol. The molecular formula is C36H44N2O6S. The fourth-order valence-electron chi connectivity index (χ4n) is 5.63. The number of thioether (sulfide) groups is 1. The number of amides is 1. The van der Waals surface area contributed by atoms with E-state index in [0.29, 0.717) is 41.7 Å². The van der Waals surface area contributed by atoms with Crippen LogP contribution in [0.4, 0.5) is 0 Å². The van der Waals surface area contributed by atoms with E-state index in [0.717, 1.165) is 29.8 Å². The number of hydrogen-bond donors (Lipinski definition) is 3. The van der Waals surface area contributed by atoms with Gasteiger partial charge in [-0.3, -0.25) is 4.79 Å². The Morgan fingerprint density at radius 2 is 1.64 bits per heavy atom. The molecule has 1 aliphatic heterocycles. The minimum atomic E-state index is -1.09. The molecule has 4 rings (SSSR count). The number of carbonyl (C=O) groups is 3. The second-order valence-electron chi connectivity index (χ2n) is 12.4.